The van der Waals surface area contributed by atoms with Crippen LogP contribution in [0.2, 0.25) is 5.02 Å². The number of aromatic nitrogens is 7. The molecule has 2 N–H and O–H groups in total. The van der Waals surface area contributed by atoms with Gasteiger partial charge >= 0.3 is 0 Å². The average Bonchev–Trinajstić information content (AvgIpc) is 3.42. The van der Waals surface area contributed by atoms with E-state index in [4.69, 9.17) is 11.6 Å². The van der Waals surface area contributed by atoms with Crippen molar-refractivity contribution >= 4 is 17.5 Å². The van der Waals surface area contributed by atoms with Gasteiger partial charge in [-0.15, -0.1) is 0 Å². The van der Waals surface area contributed by atoms with Crippen molar-refractivity contribution in [1.82, 2.24) is 40.2 Å². The summed E-state index contributed by atoms with van der Waals surface area (Å²) in [5.74, 6) is 0.801. The maximum atomic E-state index is 13.2. The highest BCUT2D eigenvalue weighted by atomic mass is 35.5. The average molecular weight is 495 g/mol. The van der Waals surface area contributed by atoms with Gasteiger partial charge in [0, 0.05) is 36.3 Å². The fourth-order valence-electron chi connectivity index (χ4n) is 4.15. The Morgan fingerprint density at radius 1 is 1.29 bits per heavy atom. The predicted molar refractivity (Wildman–Crippen MR) is 127 cm³/mol. The zero-order chi connectivity index (χ0) is 24.5. The fourth-order valence-corrected chi connectivity index (χ4v) is 4.31. The molecule has 0 saturated heterocycles. The summed E-state index contributed by atoms with van der Waals surface area (Å²) in [5.41, 5.74) is 3.43. The maximum Gasteiger partial charge on any atom is 0.223 e. The lowest BCUT2D eigenvalue weighted by Gasteiger charge is -2.34. The zero-order valence-electron chi connectivity index (χ0n) is 19.2. The number of amides is 1. The molecule has 0 aliphatic heterocycles. The summed E-state index contributed by atoms with van der Waals surface area (Å²) in [6.07, 6.45) is 7.56. The Morgan fingerprint density at radius 3 is 2.77 bits per heavy atom. The molecule has 5 rings (SSSR count). The van der Waals surface area contributed by atoms with E-state index in [1.165, 1.54) is 10.9 Å². The third kappa shape index (κ3) is 5.07. The highest BCUT2D eigenvalue weighted by Gasteiger charge is 2.37. The van der Waals surface area contributed by atoms with E-state index in [0.29, 0.717) is 35.9 Å². The summed E-state index contributed by atoms with van der Waals surface area (Å²) in [6.45, 7) is 3.85. The molecule has 11 heteroatoms. The molecular weight excluding hydrogens is 471 g/mol. The van der Waals surface area contributed by atoms with Crippen LogP contribution in [0.25, 0.3) is 5.82 Å². The molecule has 0 aromatic carbocycles. The lowest BCUT2D eigenvalue weighted by Crippen LogP contribution is -2.39. The van der Waals surface area contributed by atoms with Gasteiger partial charge in [-0.2, -0.15) is 10.2 Å². The number of hydrogen-bond donors (Lipinski definition) is 2. The van der Waals surface area contributed by atoms with Crippen molar-refractivity contribution < 1.29 is 9.18 Å². The van der Waals surface area contributed by atoms with Gasteiger partial charge in [0.05, 0.1) is 34.8 Å². The maximum absolute atomic E-state index is 13.2. The zero-order valence-corrected chi connectivity index (χ0v) is 20.0. The number of aromatic amines is 1. The van der Waals surface area contributed by atoms with Gasteiger partial charge in [-0.1, -0.05) is 17.7 Å². The Balaban J connectivity index is 1.16. The Bertz CT molecular complexity index is 1350. The first-order valence-electron chi connectivity index (χ1n) is 11.3. The minimum Gasteiger partial charge on any atom is -0.349 e. The Kier molecular flexibility index (Phi) is 6.29. The van der Waals surface area contributed by atoms with Gasteiger partial charge < -0.3 is 5.32 Å². The number of nitrogens with zero attached hydrogens (tertiary/aromatic N) is 6. The van der Waals surface area contributed by atoms with E-state index in [9.17, 15) is 9.18 Å². The number of H-pyrrole nitrogens is 1. The molecule has 4 heterocycles. The molecule has 1 amide bonds. The molecule has 4 aromatic rings. The smallest absolute Gasteiger partial charge is 0.223 e. The van der Waals surface area contributed by atoms with Gasteiger partial charge in [0.2, 0.25) is 5.91 Å². The molecule has 180 valence electrons. The third-order valence-corrected chi connectivity index (χ3v) is 6.55. The van der Waals surface area contributed by atoms with Crippen LogP contribution in [0.5, 0.6) is 0 Å². The summed E-state index contributed by atoms with van der Waals surface area (Å²) >= 11 is 6.31. The van der Waals surface area contributed by atoms with Gasteiger partial charge in [-0.3, -0.25) is 9.89 Å². The van der Waals surface area contributed by atoms with Crippen molar-refractivity contribution in [2.75, 3.05) is 0 Å². The first-order chi connectivity index (χ1) is 16.9. The second kappa shape index (κ2) is 9.53. The standard InChI is InChI=1S/C24H24ClFN8O/c1-13-5-19(33-32-13)8-21-20(25)11-28-23(31-21)16-6-17(7-16)24(35)30-14(2)15-3-4-22(27-9-15)34-12-18(26)10-29-34/h3-5,9-12,14,16-17H,6-8H2,1-2H3,(H,30,35)(H,32,33)/t14-,16?,17?/m0/s1. The normalized spacial score (nSPS) is 18.2. The quantitative estimate of drug-likeness (QED) is 0.403. The van der Waals surface area contributed by atoms with Crippen LogP contribution in [0.4, 0.5) is 4.39 Å². The van der Waals surface area contributed by atoms with E-state index in [-0.39, 0.29) is 23.8 Å². The van der Waals surface area contributed by atoms with Crippen LogP contribution in [0, 0.1) is 18.7 Å². The van der Waals surface area contributed by atoms with Gasteiger partial charge in [0.1, 0.15) is 5.82 Å². The molecule has 0 unspecified atom stereocenters. The minimum atomic E-state index is -0.428. The van der Waals surface area contributed by atoms with Crippen molar-refractivity contribution in [3.63, 3.8) is 0 Å². The number of hydrogen-bond acceptors (Lipinski definition) is 6. The topological polar surface area (TPSA) is 114 Å². The monoisotopic (exact) mass is 494 g/mol. The largest absolute Gasteiger partial charge is 0.349 e. The van der Waals surface area contributed by atoms with Gasteiger partial charge in [-0.25, -0.2) is 24.0 Å². The number of carbonyl (C=O) groups is 1. The van der Waals surface area contributed by atoms with Crippen molar-refractivity contribution in [2.45, 2.75) is 45.1 Å². The van der Waals surface area contributed by atoms with Crippen molar-refractivity contribution in [3.05, 3.63) is 82.3 Å². The molecule has 0 spiro atoms. The van der Waals surface area contributed by atoms with Gasteiger partial charge in [0.25, 0.3) is 0 Å². The molecule has 4 aromatic heterocycles. The number of nitrogens with one attached hydrogen (secondary N) is 2. The number of halogens is 2. The molecule has 1 saturated carbocycles. The molecular formula is C24H24ClFN8O. The second-order valence-electron chi connectivity index (χ2n) is 8.89. The first-order valence-corrected chi connectivity index (χ1v) is 11.7. The first kappa shape index (κ1) is 23.1. The van der Waals surface area contributed by atoms with Crippen molar-refractivity contribution in [3.8, 4) is 5.82 Å². The summed E-state index contributed by atoms with van der Waals surface area (Å²) in [6, 6.07) is 5.33. The van der Waals surface area contributed by atoms with E-state index in [1.807, 2.05) is 26.0 Å². The summed E-state index contributed by atoms with van der Waals surface area (Å²) in [5, 5.41) is 14.6. The van der Waals surface area contributed by atoms with E-state index in [0.717, 1.165) is 28.8 Å². The highest BCUT2D eigenvalue weighted by Crippen LogP contribution is 2.41. The van der Waals surface area contributed by atoms with Crippen molar-refractivity contribution in [1.29, 1.82) is 0 Å². The Morgan fingerprint density at radius 2 is 2.11 bits per heavy atom. The molecule has 0 bridgehead atoms. The van der Waals surface area contributed by atoms with Crippen molar-refractivity contribution in [2.24, 2.45) is 5.92 Å². The van der Waals surface area contributed by atoms with Gasteiger partial charge in [0.15, 0.2) is 11.6 Å². The lowest BCUT2D eigenvalue weighted by molar-refractivity contribution is -0.128. The van der Waals surface area contributed by atoms with Crippen LogP contribution in [0.3, 0.4) is 0 Å². The number of rotatable bonds is 7. The second-order valence-corrected chi connectivity index (χ2v) is 9.30. The summed E-state index contributed by atoms with van der Waals surface area (Å²) in [7, 11) is 0. The van der Waals surface area contributed by atoms with E-state index in [2.05, 4.69) is 35.6 Å². The van der Waals surface area contributed by atoms with Crippen LogP contribution in [0.1, 0.15) is 60.2 Å². The van der Waals surface area contributed by atoms with Gasteiger partial charge in [-0.05, 0) is 44.4 Å². The fraction of sp³-hybridized carbons (Fsp3) is 0.333. The molecule has 1 fully saturated rings. The van der Waals surface area contributed by atoms with E-state index in [1.54, 1.807) is 18.5 Å². The summed E-state index contributed by atoms with van der Waals surface area (Å²) < 4.78 is 14.5. The third-order valence-electron chi connectivity index (χ3n) is 6.23. The lowest BCUT2D eigenvalue weighted by atomic mass is 9.73. The molecule has 1 atom stereocenters. The predicted octanol–water partition coefficient (Wildman–Crippen LogP) is 3.84. The highest BCUT2D eigenvalue weighted by molar-refractivity contribution is 6.31. The van der Waals surface area contributed by atoms with Crippen LogP contribution in [-0.2, 0) is 11.2 Å². The molecule has 1 aliphatic rings. The van der Waals surface area contributed by atoms with E-state index >= 15 is 0 Å². The Labute approximate surface area is 206 Å². The molecule has 1 aliphatic carbocycles. The Hall–Kier alpha value is -3.66. The van der Waals surface area contributed by atoms with Crippen LogP contribution in [-0.4, -0.2) is 40.8 Å². The van der Waals surface area contributed by atoms with Crippen LogP contribution in [0.15, 0.2) is 43.0 Å². The molecule has 35 heavy (non-hydrogen) atoms. The van der Waals surface area contributed by atoms with Crippen LogP contribution < -0.4 is 5.32 Å². The molecule has 0 radical (unpaired) electrons. The van der Waals surface area contributed by atoms with Crippen LogP contribution >= 0.6 is 11.6 Å². The molecule has 9 nitrogen and oxygen atoms in total. The number of pyridine rings is 1. The summed E-state index contributed by atoms with van der Waals surface area (Å²) in [4.78, 5) is 26.2. The minimum absolute atomic E-state index is 0.00633. The number of aryl methyl sites for hydroxylation is 1. The number of carbonyl (C=O) groups excluding carboxylic acids is 1. The van der Waals surface area contributed by atoms with E-state index < -0.39 is 5.82 Å². The SMILES string of the molecule is Cc1cc(Cc2nc(C3CC(C(=O)N[C@@H](C)c4ccc(-n5cc(F)cn5)nc4)C3)ncc2Cl)n[nH]1.